The van der Waals surface area contributed by atoms with E-state index >= 15 is 0 Å². The van der Waals surface area contributed by atoms with E-state index in [4.69, 9.17) is 0 Å². The predicted octanol–water partition coefficient (Wildman–Crippen LogP) is 0.700. The molecule has 1 nitrogen and oxygen atoms in total. The first-order valence-corrected chi connectivity index (χ1v) is 3.21. The van der Waals surface area contributed by atoms with Crippen LogP contribution in [0.5, 0.6) is 0 Å². The van der Waals surface area contributed by atoms with E-state index in [1.165, 1.54) is 0 Å². The van der Waals surface area contributed by atoms with Gasteiger partial charge in [-0.2, -0.15) is 0 Å². The maximum atomic E-state index is 3.83. The molecule has 0 aliphatic rings. The van der Waals surface area contributed by atoms with E-state index in [2.05, 4.69) is 18.1 Å². The zero-order valence-corrected chi connectivity index (χ0v) is 6.15. The van der Waals surface area contributed by atoms with Gasteiger partial charge < -0.3 is 4.98 Å². The number of nitrogens with one attached hydrogen (secondary N) is 1. The van der Waals surface area contributed by atoms with Gasteiger partial charge in [0, 0.05) is 11.0 Å². The molecule has 1 aromatic rings. The van der Waals surface area contributed by atoms with Crippen molar-refractivity contribution in [1.82, 2.24) is 4.98 Å². The van der Waals surface area contributed by atoms with Gasteiger partial charge >= 0.3 is 0 Å². The standard InChI is InChI=1S/C9H11N/c1-4-5-9-6-7(2)10-8(9)3/h4-6,10H,1,3H2,2H3/b9-5-. The van der Waals surface area contributed by atoms with Crippen LogP contribution in [0.1, 0.15) is 5.69 Å². The molecule has 0 radical (unpaired) electrons. The number of H-pyrrole nitrogens is 1. The van der Waals surface area contributed by atoms with Gasteiger partial charge in [0.1, 0.15) is 0 Å². The minimum Gasteiger partial charge on any atom is -0.359 e. The third kappa shape index (κ3) is 1.18. The van der Waals surface area contributed by atoms with Gasteiger partial charge in [-0.05, 0) is 18.2 Å². The van der Waals surface area contributed by atoms with E-state index in [0.717, 1.165) is 16.3 Å². The Morgan fingerprint density at radius 1 is 1.60 bits per heavy atom. The quantitative estimate of drug-likeness (QED) is 0.580. The third-order valence-corrected chi connectivity index (χ3v) is 1.37. The summed E-state index contributed by atoms with van der Waals surface area (Å²) in [5.41, 5.74) is 1.14. The molecule has 1 aromatic heterocycles. The number of rotatable bonds is 1. The molecule has 0 bridgehead atoms. The van der Waals surface area contributed by atoms with Crippen molar-refractivity contribution in [2.24, 2.45) is 0 Å². The van der Waals surface area contributed by atoms with Crippen LogP contribution in [0.3, 0.4) is 0 Å². The van der Waals surface area contributed by atoms with Gasteiger partial charge in [0.2, 0.25) is 0 Å². The van der Waals surface area contributed by atoms with Crippen LogP contribution < -0.4 is 10.6 Å². The minimum absolute atomic E-state index is 0.956. The zero-order valence-electron chi connectivity index (χ0n) is 6.15. The number of hydrogen-bond donors (Lipinski definition) is 1. The van der Waals surface area contributed by atoms with Crippen LogP contribution in [-0.4, -0.2) is 4.98 Å². The lowest BCUT2D eigenvalue weighted by atomic mass is 10.3. The Balaban J connectivity index is 3.42. The first-order chi connectivity index (χ1) is 4.74. The van der Waals surface area contributed by atoms with E-state index in [1.807, 2.05) is 19.1 Å². The largest absolute Gasteiger partial charge is 0.359 e. The van der Waals surface area contributed by atoms with Crippen LogP contribution in [0.15, 0.2) is 18.7 Å². The molecule has 0 atom stereocenters. The number of aryl methyl sites for hydroxylation is 1. The number of aromatic amines is 1. The Bertz CT molecular complexity index is 330. The number of hydrogen-bond acceptors (Lipinski definition) is 0. The molecule has 0 saturated carbocycles. The normalized spacial score (nSPS) is 11.9. The summed E-state index contributed by atoms with van der Waals surface area (Å²) in [6.45, 7) is 9.44. The highest BCUT2D eigenvalue weighted by Crippen LogP contribution is 1.78. The van der Waals surface area contributed by atoms with E-state index in [1.54, 1.807) is 6.08 Å². The Kier molecular flexibility index (Phi) is 1.76. The first-order valence-electron chi connectivity index (χ1n) is 3.21. The van der Waals surface area contributed by atoms with Crippen molar-refractivity contribution in [3.63, 3.8) is 0 Å². The van der Waals surface area contributed by atoms with E-state index in [-0.39, 0.29) is 0 Å². The predicted molar refractivity (Wildman–Crippen MR) is 45.0 cm³/mol. The topological polar surface area (TPSA) is 15.8 Å². The lowest BCUT2D eigenvalue weighted by Crippen LogP contribution is -2.19. The maximum Gasteiger partial charge on any atom is 0.0382 e. The average molecular weight is 133 g/mol. The molecule has 0 amide bonds. The molecule has 0 unspecified atom stereocenters. The van der Waals surface area contributed by atoms with Crippen molar-refractivity contribution in [3.05, 3.63) is 35.0 Å². The van der Waals surface area contributed by atoms with Crippen LogP contribution in [0.25, 0.3) is 12.7 Å². The fourth-order valence-electron chi connectivity index (χ4n) is 0.942. The van der Waals surface area contributed by atoms with Gasteiger partial charge in [0.05, 0.1) is 0 Å². The number of aromatic nitrogens is 1. The highest BCUT2D eigenvalue weighted by molar-refractivity contribution is 5.35. The number of allylic oxidation sites excluding steroid dienone is 1. The van der Waals surface area contributed by atoms with E-state index in [0.29, 0.717) is 0 Å². The molecule has 0 fully saturated rings. The van der Waals surface area contributed by atoms with Crippen LogP contribution in [0.4, 0.5) is 0 Å². The molecule has 1 heterocycles. The van der Waals surface area contributed by atoms with Gasteiger partial charge in [-0.3, -0.25) is 0 Å². The summed E-state index contributed by atoms with van der Waals surface area (Å²) in [5, 5.41) is 2.07. The van der Waals surface area contributed by atoms with Crippen LogP contribution in [0.2, 0.25) is 0 Å². The monoisotopic (exact) mass is 133 g/mol. The first kappa shape index (κ1) is 6.87. The molecule has 1 rings (SSSR count). The smallest absolute Gasteiger partial charge is 0.0382 e. The Labute approximate surface area is 60.4 Å². The van der Waals surface area contributed by atoms with Crippen molar-refractivity contribution >= 4 is 12.7 Å². The molecule has 1 heteroatoms. The fourth-order valence-corrected chi connectivity index (χ4v) is 0.942. The summed E-state index contributed by atoms with van der Waals surface area (Å²) in [6.07, 6.45) is 3.70. The van der Waals surface area contributed by atoms with Gasteiger partial charge in [-0.25, -0.2) is 0 Å². The second-order valence-corrected chi connectivity index (χ2v) is 2.29. The molecule has 0 aliphatic carbocycles. The van der Waals surface area contributed by atoms with Crippen LogP contribution in [-0.2, 0) is 0 Å². The van der Waals surface area contributed by atoms with Crippen molar-refractivity contribution in [2.75, 3.05) is 0 Å². The fraction of sp³-hybridized carbons (Fsp3) is 0.111. The maximum absolute atomic E-state index is 3.83. The average Bonchev–Trinajstić information content (AvgIpc) is 2.13. The van der Waals surface area contributed by atoms with Crippen molar-refractivity contribution in [3.8, 4) is 0 Å². The van der Waals surface area contributed by atoms with Gasteiger partial charge in [0.15, 0.2) is 0 Å². The molecule has 52 valence electrons. The molecule has 10 heavy (non-hydrogen) atoms. The Morgan fingerprint density at radius 2 is 2.30 bits per heavy atom. The van der Waals surface area contributed by atoms with Crippen molar-refractivity contribution in [2.45, 2.75) is 6.92 Å². The summed E-state index contributed by atoms with van der Waals surface area (Å²) in [7, 11) is 0. The zero-order chi connectivity index (χ0) is 7.56. The van der Waals surface area contributed by atoms with Gasteiger partial charge in [0.25, 0.3) is 0 Å². The highest BCUT2D eigenvalue weighted by Gasteiger charge is 1.84. The van der Waals surface area contributed by atoms with Crippen molar-refractivity contribution < 1.29 is 0 Å². The summed E-state index contributed by atoms with van der Waals surface area (Å²) in [5.74, 6) is 0. The van der Waals surface area contributed by atoms with Crippen LogP contribution in [0, 0.1) is 6.92 Å². The summed E-state index contributed by atoms with van der Waals surface area (Å²) in [6, 6.07) is 2.05. The highest BCUT2D eigenvalue weighted by atomic mass is 14.7. The molecule has 0 saturated heterocycles. The van der Waals surface area contributed by atoms with Crippen LogP contribution >= 0.6 is 0 Å². The summed E-state index contributed by atoms with van der Waals surface area (Å²) in [4.78, 5) is 3.10. The third-order valence-electron chi connectivity index (χ3n) is 1.37. The Morgan fingerprint density at radius 3 is 2.70 bits per heavy atom. The summed E-state index contributed by atoms with van der Waals surface area (Å²) >= 11 is 0. The Hall–Kier alpha value is -1.24. The van der Waals surface area contributed by atoms with E-state index in [9.17, 15) is 0 Å². The molecular formula is C9H11N. The molecule has 0 spiro atoms. The van der Waals surface area contributed by atoms with E-state index < -0.39 is 0 Å². The lowest BCUT2D eigenvalue weighted by molar-refractivity contribution is 1.22. The molecule has 1 N–H and O–H groups in total. The molecule has 0 aromatic carbocycles. The lowest BCUT2D eigenvalue weighted by Gasteiger charge is -1.72. The second-order valence-electron chi connectivity index (χ2n) is 2.29. The minimum atomic E-state index is 0.956. The summed E-state index contributed by atoms with van der Waals surface area (Å²) < 4.78 is 0. The van der Waals surface area contributed by atoms with Gasteiger partial charge in [-0.15, -0.1) is 0 Å². The second kappa shape index (κ2) is 2.56. The van der Waals surface area contributed by atoms with Gasteiger partial charge in [-0.1, -0.05) is 25.3 Å². The van der Waals surface area contributed by atoms with Crippen molar-refractivity contribution in [1.29, 1.82) is 0 Å². The SMILES string of the molecule is C=C/C=c1/cc(C)[nH]c1=C. The molecule has 0 aliphatic heterocycles. The molecular weight excluding hydrogens is 122 g/mol.